The van der Waals surface area contributed by atoms with Crippen LogP contribution in [-0.2, 0) is 14.4 Å². The number of hydrogen-bond acceptors (Lipinski definition) is 7. The molecule has 8 nitrogen and oxygen atoms in total. The summed E-state index contributed by atoms with van der Waals surface area (Å²) < 4.78 is 16.2. The lowest BCUT2D eigenvalue weighted by molar-refractivity contribution is -0.132. The van der Waals surface area contributed by atoms with E-state index in [0.29, 0.717) is 11.3 Å². The lowest BCUT2D eigenvalue weighted by Crippen LogP contribution is -2.24. The average molecular weight is 449 g/mol. The predicted octanol–water partition coefficient (Wildman–Crippen LogP) is 2.83. The number of hydrogen-bond donors (Lipinski definition) is 1. The van der Waals surface area contributed by atoms with Gasteiger partial charge in [-0.05, 0) is 30.3 Å². The van der Waals surface area contributed by atoms with Gasteiger partial charge in [-0.15, -0.1) is 0 Å². The Labute approximate surface area is 169 Å². The van der Waals surface area contributed by atoms with Gasteiger partial charge in [-0.25, -0.2) is 5.43 Å². The second-order valence-corrected chi connectivity index (χ2v) is 6.34. The Morgan fingerprint density at radius 3 is 2.46 bits per heavy atom. The van der Waals surface area contributed by atoms with Gasteiger partial charge in [-0.2, -0.15) is 5.10 Å². The summed E-state index contributed by atoms with van der Waals surface area (Å²) in [6.07, 6.45) is 1.30. The lowest BCUT2D eigenvalue weighted by Gasteiger charge is -2.08. The van der Waals surface area contributed by atoms with Crippen molar-refractivity contribution in [2.24, 2.45) is 5.10 Å². The summed E-state index contributed by atoms with van der Waals surface area (Å²) in [4.78, 5) is 34.1. The van der Waals surface area contributed by atoms with Crippen LogP contribution in [0.25, 0.3) is 0 Å². The first-order valence-electron chi connectivity index (χ1n) is 8.04. The highest BCUT2D eigenvalue weighted by Gasteiger charge is 2.09. The lowest BCUT2D eigenvalue weighted by atomic mass is 10.2. The Kier molecular flexibility index (Phi) is 7.70. The molecule has 0 bridgehead atoms. The number of nitrogens with zero attached hydrogens (tertiary/aromatic N) is 1. The smallest absolute Gasteiger partial charge is 0.308 e. The highest BCUT2D eigenvalue weighted by Crippen LogP contribution is 2.24. The largest absolute Gasteiger partial charge is 0.484 e. The number of carbonyl (C=O) groups is 3. The molecule has 1 amide bonds. The van der Waals surface area contributed by atoms with Gasteiger partial charge >= 0.3 is 11.9 Å². The minimum Gasteiger partial charge on any atom is -0.484 e. The maximum Gasteiger partial charge on any atom is 0.308 e. The van der Waals surface area contributed by atoms with E-state index in [1.165, 1.54) is 38.3 Å². The van der Waals surface area contributed by atoms with Gasteiger partial charge in [-0.1, -0.05) is 22.0 Å². The number of amides is 1. The van der Waals surface area contributed by atoms with E-state index in [-0.39, 0.29) is 18.1 Å². The first-order valence-corrected chi connectivity index (χ1v) is 8.84. The monoisotopic (exact) mass is 448 g/mol. The van der Waals surface area contributed by atoms with E-state index in [2.05, 4.69) is 26.5 Å². The molecule has 0 aliphatic carbocycles. The molecule has 0 saturated carbocycles. The van der Waals surface area contributed by atoms with Crippen molar-refractivity contribution in [1.29, 1.82) is 0 Å². The van der Waals surface area contributed by atoms with Crippen LogP contribution in [0.1, 0.15) is 19.4 Å². The summed E-state index contributed by atoms with van der Waals surface area (Å²) in [6.45, 7) is 2.27. The molecule has 1 N–H and O–H groups in total. The molecule has 0 heterocycles. The van der Waals surface area contributed by atoms with Crippen molar-refractivity contribution in [2.45, 2.75) is 13.8 Å². The minimum absolute atomic E-state index is 0.134. The third-order valence-corrected chi connectivity index (χ3v) is 3.55. The molecule has 0 saturated heterocycles. The summed E-state index contributed by atoms with van der Waals surface area (Å²) >= 11 is 3.31. The van der Waals surface area contributed by atoms with Crippen LogP contribution in [0.5, 0.6) is 17.2 Å². The molecule has 0 aliphatic heterocycles. The zero-order chi connectivity index (χ0) is 20.5. The number of ether oxygens (including phenoxy) is 3. The summed E-state index contributed by atoms with van der Waals surface area (Å²) in [6, 6.07) is 11.5. The van der Waals surface area contributed by atoms with Gasteiger partial charge in [0.2, 0.25) is 0 Å². The summed E-state index contributed by atoms with van der Waals surface area (Å²) in [5.74, 6) is -0.649. The molecule has 146 valence electrons. The second-order valence-electron chi connectivity index (χ2n) is 5.43. The van der Waals surface area contributed by atoms with Crippen LogP contribution in [0.15, 0.2) is 52.0 Å². The van der Waals surface area contributed by atoms with Crippen molar-refractivity contribution < 1.29 is 28.6 Å². The van der Waals surface area contributed by atoms with Crippen molar-refractivity contribution in [2.75, 3.05) is 6.61 Å². The van der Waals surface area contributed by atoms with E-state index in [9.17, 15) is 14.4 Å². The average Bonchev–Trinajstić information content (AvgIpc) is 2.61. The first kappa shape index (κ1) is 21.1. The van der Waals surface area contributed by atoms with Crippen LogP contribution in [0.4, 0.5) is 0 Å². The Hall–Kier alpha value is -3.20. The van der Waals surface area contributed by atoms with Gasteiger partial charge in [0.1, 0.15) is 17.2 Å². The minimum atomic E-state index is -0.555. The van der Waals surface area contributed by atoms with Crippen molar-refractivity contribution in [3.63, 3.8) is 0 Å². The van der Waals surface area contributed by atoms with Crippen molar-refractivity contribution in [3.8, 4) is 17.2 Å². The Morgan fingerprint density at radius 2 is 1.79 bits per heavy atom. The number of esters is 2. The van der Waals surface area contributed by atoms with E-state index in [1.807, 2.05) is 6.07 Å². The molecule has 2 aromatic carbocycles. The third-order valence-electron chi connectivity index (χ3n) is 3.06. The van der Waals surface area contributed by atoms with Gasteiger partial charge in [0.15, 0.2) is 6.61 Å². The molecule has 2 rings (SSSR count). The molecular weight excluding hydrogens is 432 g/mol. The maximum atomic E-state index is 11.8. The number of nitrogens with one attached hydrogen (secondary N) is 1. The summed E-state index contributed by atoms with van der Waals surface area (Å²) in [5.41, 5.74) is 2.71. The number of benzene rings is 2. The fourth-order valence-electron chi connectivity index (χ4n) is 2.01. The van der Waals surface area contributed by atoms with Gasteiger partial charge in [0.05, 0.1) is 6.21 Å². The van der Waals surface area contributed by atoms with Crippen LogP contribution in [-0.4, -0.2) is 30.7 Å². The third kappa shape index (κ3) is 7.20. The standard InChI is InChI=1S/C19H17BrN2O6/c1-12(23)27-17-7-6-14(18(9-17)28-13(2)24)10-21-22-19(25)11-26-16-5-3-4-15(20)8-16/h3-10H,11H2,1-2H3,(H,22,25)/b21-10-. The van der Waals surface area contributed by atoms with Crippen molar-refractivity contribution in [3.05, 3.63) is 52.5 Å². The van der Waals surface area contributed by atoms with E-state index in [1.54, 1.807) is 18.2 Å². The van der Waals surface area contributed by atoms with Crippen molar-refractivity contribution >= 4 is 40.0 Å². The number of carbonyl (C=O) groups excluding carboxylic acids is 3. The summed E-state index contributed by atoms with van der Waals surface area (Å²) in [5, 5.41) is 3.82. The van der Waals surface area contributed by atoms with Crippen LogP contribution < -0.4 is 19.6 Å². The number of hydrazone groups is 1. The SMILES string of the molecule is CC(=O)Oc1ccc(/C=N\NC(=O)COc2cccc(Br)c2)c(OC(C)=O)c1. The quantitative estimate of drug-likeness (QED) is 0.302. The van der Waals surface area contributed by atoms with Crippen LogP contribution in [0, 0.1) is 0 Å². The molecule has 0 radical (unpaired) electrons. The zero-order valence-electron chi connectivity index (χ0n) is 15.1. The highest BCUT2D eigenvalue weighted by molar-refractivity contribution is 9.10. The number of halogens is 1. The Morgan fingerprint density at radius 1 is 1.04 bits per heavy atom. The fraction of sp³-hybridized carbons (Fsp3) is 0.158. The summed E-state index contributed by atoms with van der Waals surface area (Å²) in [7, 11) is 0. The van der Waals surface area contributed by atoms with Gasteiger partial charge in [-0.3, -0.25) is 14.4 Å². The van der Waals surface area contributed by atoms with E-state index >= 15 is 0 Å². The molecule has 2 aromatic rings. The molecule has 0 atom stereocenters. The van der Waals surface area contributed by atoms with Crippen molar-refractivity contribution in [1.82, 2.24) is 5.43 Å². The zero-order valence-corrected chi connectivity index (χ0v) is 16.7. The molecule has 0 unspecified atom stereocenters. The predicted molar refractivity (Wildman–Crippen MR) is 104 cm³/mol. The topological polar surface area (TPSA) is 103 Å². The Balaban J connectivity index is 1.98. The Bertz CT molecular complexity index is 913. The molecule has 28 heavy (non-hydrogen) atoms. The van der Waals surface area contributed by atoms with Crippen LogP contribution in [0.2, 0.25) is 0 Å². The first-order chi connectivity index (χ1) is 13.3. The van der Waals surface area contributed by atoms with E-state index in [4.69, 9.17) is 14.2 Å². The molecule has 0 fully saturated rings. The van der Waals surface area contributed by atoms with E-state index < -0.39 is 17.8 Å². The molecule has 0 aromatic heterocycles. The van der Waals surface area contributed by atoms with E-state index in [0.717, 1.165) is 4.47 Å². The maximum absolute atomic E-state index is 11.8. The molecular formula is C19H17BrN2O6. The molecule has 9 heteroatoms. The number of rotatable bonds is 7. The van der Waals surface area contributed by atoms with Gasteiger partial charge in [0.25, 0.3) is 5.91 Å². The van der Waals surface area contributed by atoms with Crippen LogP contribution >= 0.6 is 15.9 Å². The fourth-order valence-corrected chi connectivity index (χ4v) is 2.38. The second kappa shape index (κ2) is 10.2. The molecule has 0 aliphatic rings. The normalized spacial score (nSPS) is 10.4. The van der Waals surface area contributed by atoms with Gasteiger partial charge < -0.3 is 14.2 Å². The molecule has 0 spiro atoms. The van der Waals surface area contributed by atoms with Crippen LogP contribution in [0.3, 0.4) is 0 Å². The van der Waals surface area contributed by atoms with Gasteiger partial charge in [0, 0.05) is 30.0 Å². The highest BCUT2D eigenvalue weighted by atomic mass is 79.9.